The minimum atomic E-state index is -2.01. The molecule has 0 bridgehead atoms. The maximum absolute atomic E-state index is 14.0. The van der Waals surface area contributed by atoms with Crippen molar-refractivity contribution in [1.82, 2.24) is 0 Å². The second kappa shape index (κ2) is 14.4. The molecule has 11 N–H and O–H groups in total. The Hall–Kier alpha value is -3.67. The van der Waals surface area contributed by atoms with E-state index >= 15 is 0 Å². The van der Waals surface area contributed by atoms with E-state index in [4.69, 9.17) is 32.8 Å². The summed E-state index contributed by atoms with van der Waals surface area (Å²) < 4.78 is 39.2. The van der Waals surface area contributed by atoms with Crippen molar-refractivity contribution in [2.24, 2.45) is 0 Å². The van der Waals surface area contributed by atoms with Gasteiger partial charge >= 0.3 is 0 Å². The first-order chi connectivity index (χ1) is 24.1. The molecule has 1 aromatic heterocycles. The summed E-state index contributed by atoms with van der Waals surface area (Å²) in [6.07, 6.45) is -19.5. The summed E-state index contributed by atoms with van der Waals surface area (Å²) in [5, 5.41) is 113. The molecule has 13 unspecified atom stereocenters. The maximum atomic E-state index is 14.0. The van der Waals surface area contributed by atoms with E-state index in [-0.39, 0.29) is 28.4 Å². The Morgan fingerprint density at radius 1 is 0.824 bits per heavy atom. The molecule has 280 valence electrons. The molecule has 4 heterocycles. The minimum absolute atomic E-state index is 0.138. The number of aliphatic hydroxyl groups is 9. The average Bonchev–Trinajstić information content (AvgIpc) is 3.39. The molecule has 0 aliphatic carbocycles. The van der Waals surface area contributed by atoms with E-state index in [1.807, 2.05) is 0 Å². The first-order valence-corrected chi connectivity index (χ1v) is 15.7. The molecule has 51 heavy (non-hydrogen) atoms. The summed E-state index contributed by atoms with van der Waals surface area (Å²) in [6, 6.07) is 7.36. The van der Waals surface area contributed by atoms with Crippen molar-refractivity contribution in [3.63, 3.8) is 0 Å². The number of phenolic OH excluding ortho intramolecular Hbond substituents is 2. The van der Waals surface area contributed by atoms with E-state index in [1.54, 1.807) is 0 Å². The fourth-order valence-electron chi connectivity index (χ4n) is 5.87. The summed E-state index contributed by atoms with van der Waals surface area (Å²) in [7, 11) is 0. The quantitative estimate of drug-likeness (QED) is 0.103. The van der Waals surface area contributed by atoms with E-state index in [1.165, 1.54) is 31.2 Å². The first-order valence-electron chi connectivity index (χ1n) is 15.7. The van der Waals surface area contributed by atoms with Gasteiger partial charge in [-0.2, -0.15) is 0 Å². The van der Waals surface area contributed by atoms with Crippen LogP contribution in [0.4, 0.5) is 0 Å². The van der Waals surface area contributed by atoms with Gasteiger partial charge in [0, 0.05) is 17.7 Å². The van der Waals surface area contributed by atoms with Crippen LogP contribution in [0.3, 0.4) is 0 Å². The average molecular weight is 727 g/mol. The highest BCUT2D eigenvalue weighted by Crippen LogP contribution is 2.39. The number of phenols is 2. The molecule has 3 aromatic rings. The smallest absolute Gasteiger partial charge is 0.239 e. The lowest BCUT2D eigenvalue weighted by atomic mass is 9.98. The predicted octanol–water partition coefficient (Wildman–Crippen LogP) is -3.28. The van der Waals surface area contributed by atoms with Gasteiger partial charge in [0.1, 0.15) is 82.7 Å². The molecule has 3 fully saturated rings. The fraction of sp³-hybridized carbons (Fsp3) is 0.531. The summed E-state index contributed by atoms with van der Waals surface area (Å²) in [5.74, 6) is -2.01. The second-order valence-electron chi connectivity index (χ2n) is 12.6. The molecule has 19 heteroatoms. The van der Waals surface area contributed by atoms with Crippen molar-refractivity contribution in [1.29, 1.82) is 0 Å². The number of hydrogen-bond donors (Lipinski definition) is 11. The van der Waals surface area contributed by atoms with Gasteiger partial charge in [-0.25, -0.2) is 0 Å². The molecule has 0 saturated carbocycles. The van der Waals surface area contributed by atoms with Crippen molar-refractivity contribution in [2.45, 2.75) is 86.3 Å². The fourth-order valence-corrected chi connectivity index (χ4v) is 5.87. The molecule has 2 aromatic carbocycles. The molecule has 19 nitrogen and oxygen atoms in total. The van der Waals surface area contributed by atoms with Gasteiger partial charge in [0.25, 0.3) is 0 Å². The van der Waals surface area contributed by atoms with Gasteiger partial charge in [0.05, 0.1) is 25.9 Å². The third-order valence-electron chi connectivity index (χ3n) is 9.00. The summed E-state index contributed by atoms with van der Waals surface area (Å²) >= 11 is 0. The van der Waals surface area contributed by atoms with Crippen LogP contribution in [-0.4, -0.2) is 155 Å². The SMILES string of the molecule is CC1OC(OCC2OC(Oc3c(-c4ccc(O)cc4)oc4cc(OC5OCC(O)(CO)C5O)cc(O)c4c3=O)C(O)C(O)C2O)C(O)C(O)C1O. The van der Waals surface area contributed by atoms with E-state index in [9.17, 15) is 61.0 Å². The Labute approximate surface area is 287 Å². The number of hydrogen-bond acceptors (Lipinski definition) is 19. The molecule has 3 aliphatic rings. The minimum Gasteiger partial charge on any atom is -0.508 e. The van der Waals surface area contributed by atoms with Crippen LogP contribution in [0.1, 0.15) is 6.92 Å². The number of benzene rings is 2. The highest BCUT2D eigenvalue weighted by molar-refractivity contribution is 5.88. The molecule has 3 aliphatic heterocycles. The highest BCUT2D eigenvalue weighted by Gasteiger charge is 2.50. The maximum Gasteiger partial charge on any atom is 0.239 e. The number of fused-ring (bicyclic) bond motifs is 1. The van der Waals surface area contributed by atoms with Gasteiger partial charge in [0.15, 0.2) is 12.1 Å². The van der Waals surface area contributed by atoms with Crippen molar-refractivity contribution in [2.75, 3.05) is 19.8 Å². The lowest BCUT2D eigenvalue weighted by Gasteiger charge is -2.42. The third kappa shape index (κ3) is 6.97. The van der Waals surface area contributed by atoms with E-state index in [0.717, 1.165) is 12.1 Å². The van der Waals surface area contributed by atoms with Gasteiger partial charge < -0.3 is 89.0 Å². The van der Waals surface area contributed by atoms with Crippen molar-refractivity contribution in [3.05, 3.63) is 46.6 Å². The summed E-state index contributed by atoms with van der Waals surface area (Å²) in [6.45, 7) is -0.490. The first kappa shape index (κ1) is 37.1. The monoisotopic (exact) mass is 726 g/mol. The normalized spacial score (nSPS) is 37.1. The van der Waals surface area contributed by atoms with E-state index < -0.39 is 122 Å². The molecular weight excluding hydrogens is 688 g/mol. The zero-order valence-corrected chi connectivity index (χ0v) is 26.7. The molecule has 6 rings (SSSR count). The molecular formula is C32H38O19. The van der Waals surface area contributed by atoms with Gasteiger partial charge in [-0.05, 0) is 31.2 Å². The largest absolute Gasteiger partial charge is 0.508 e. The Morgan fingerprint density at radius 3 is 2.16 bits per heavy atom. The molecule has 0 spiro atoms. The number of aromatic hydroxyl groups is 2. The Kier molecular flexibility index (Phi) is 10.5. The topological polar surface area (TPSA) is 308 Å². The third-order valence-corrected chi connectivity index (χ3v) is 9.00. The van der Waals surface area contributed by atoms with Crippen LogP contribution in [0.5, 0.6) is 23.0 Å². The Morgan fingerprint density at radius 2 is 1.49 bits per heavy atom. The van der Waals surface area contributed by atoms with Gasteiger partial charge in [-0.15, -0.1) is 0 Å². The van der Waals surface area contributed by atoms with Crippen LogP contribution in [-0.2, 0) is 18.9 Å². The van der Waals surface area contributed by atoms with Crippen LogP contribution < -0.4 is 14.9 Å². The number of ether oxygens (including phenoxy) is 6. The zero-order valence-electron chi connectivity index (χ0n) is 26.7. The van der Waals surface area contributed by atoms with Crippen LogP contribution in [0.15, 0.2) is 45.6 Å². The standard InChI is InChI=1S/C32H38O19/c1-11-19(36)22(39)24(41)29(47-11)45-8-17-20(37)23(40)25(42)30(50-17)51-27-21(38)18-15(35)6-14(48-31-28(43)32(44,9-33)10-46-31)7-16(18)49-26(27)12-2-4-13(34)5-3-12/h2-7,11,17,19-20,22-25,28-31,33-37,39-44H,8-10H2,1H3. The van der Waals surface area contributed by atoms with Crippen molar-refractivity contribution < 1.29 is 89.0 Å². The lowest BCUT2D eigenvalue weighted by molar-refractivity contribution is -0.318. The number of rotatable bonds is 9. The lowest BCUT2D eigenvalue weighted by Crippen LogP contribution is -2.61. The van der Waals surface area contributed by atoms with E-state index in [0.29, 0.717) is 0 Å². The van der Waals surface area contributed by atoms with Crippen LogP contribution in [0, 0.1) is 0 Å². The molecule has 0 amide bonds. The van der Waals surface area contributed by atoms with Gasteiger partial charge in [0.2, 0.25) is 23.8 Å². The van der Waals surface area contributed by atoms with Crippen LogP contribution >= 0.6 is 0 Å². The molecule has 3 saturated heterocycles. The summed E-state index contributed by atoms with van der Waals surface area (Å²) in [5.41, 5.74) is -3.17. The summed E-state index contributed by atoms with van der Waals surface area (Å²) in [4.78, 5) is 14.0. The Bertz CT molecular complexity index is 1750. The second-order valence-corrected chi connectivity index (χ2v) is 12.6. The van der Waals surface area contributed by atoms with Crippen molar-refractivity contribution in [3.8, 4) is 34.3 Å². The van der Waals surface area contributed by atoms with Crippen molar-refractivity contribution >= 4 is 11.0 Å². The van der Waals surface area contributed by atoms with Crippen LogP contribution in [0.2, 0.25) is 0 Å². The Balaban J connectivity index is 1.31. The zero-order chi connectivity index (χ0) is 36.9. The van der Waals surface area contributed by atoms with E-state index in [2.05, 4.69) is 0 Å². The van der Waals surface area contributed by atoms with Gasteiger partial charge in [-0.1, -0.05) is 0 Å². The van der Waals surface area contributed by atoms with Gasteiger partial charge in [-0.3, -0.25) is 4.79 Å². The highest BCUT2D eigenvalue weighted by atomic mass is 16.7. The molecule has 13 atom stereocenters. The van der Waals surface area contributed by atoms with Crippen LogP contribution in [0.25, 0.3) is 22.3 Å². The predicted molar refractivity (Wildman–Crippen MR) is 165 cm³/mol. The molecule has 0 radical (unpaired) electrons. The number of aliphatic hydroxyl groups excluding tert-OH is 8.